The third-order valence-electron chi connectivity index (χ3n) is 2.68. The maximum Gasteiger partial charge on any atom is 0.0785 e. The second-order valence-corrected chi connectivity index (χ2v) is 5.83. The Balaban J connectivity index is 2.66. The number of hydrogen-bond donors (Lipinski definition) is 1. The molecular weight excluding hydrogens is 347 g/mol. The minimum absolute atomic E-state index is 0.266. The zero-order chi connectivity index (χ0) is 14.2. The fourth-order valence-corrected chi connectivity index (χ4v) is 3.09. The molecule has 0 atom stereocenters. The standard InChI is InChI=1S/C13H8Cl5N/c14-8-3-6(1-2-7(8)5-19)11-9(15)4-10(16)12(17)13(11)18/h1-4H,5,19H2. The molecule has 19 heavy (non-hydrogen) atoms. The van der Waals surface area contributed by atoms with Crippen LogP contribution in [-0.4, -0.2) is 0 Å². The van der Waals surface area contributed by atoms with Crippen LogP contribution in [0.3, 0.4) is 0 Å². The molecule has 0 unspecified atom stereocenters. The van der Waals surface area contributed by atoms with E-state index in [2.05, 4.69) is 0 Å². The van der Waals surface area contributed by atoms with Crippen molar-refractivity contribution in [3.8, 4) is 11.1 Å². The number of benzene rings is 2. The summed E-state index contributed by atoms with van der Waals surface area (Å²) >= 11 is 30.4. The zero-order valence-corrected chi connectivity index (χ0v) is 13.3. The average molecular weight is 355 g/mol. The molecule has 0 saturated carbocycles. The summed E-state index contributed by atoms with van der Waals surface area (Å²) in [5, 5.41) is 1.84. The first-order valence-electron chi connectivity index (χ1n) is 5.27. The van der Waals surface area contributed by atoms with Crippen LogP contribution in [0.25, 0.3) is 11.1 Å². The molecular formula is C13H8Cl5N. The summed E-state index contributed by atoms with van der Waals surface area (Å²) in [6, 6.07) is 6.97. The SMILES string of the molecule is NCc1ccc(-c2c(Cl)cc(Cl)c(Cl)c2Cl)cc1Cl. The van der Waals surface area contributed by atoms with Crippen LogP contribution in [-0.2, 0) is 6.54 Å². The average Bonchev–Trinajstić information content (AvgIpc) is 2.36. The van der Waals surface area contributed by atoms with E-state index < -0.39 is 0 Å². The fourth-order valence-electron chi connectivity index (χ4n) is 1.70. The number of nitrogens with two attached hydrogens (primary N) is 1. The van der Waals surface area contributed by atoms with Crippen LogP contribution >= 0.6 is 58.0 Å². The van der Waals surface area contributed by atoms with Crippen molar-refractivity contribution in [1.29, 1.82) is 0 Å². The van der Waals surface area contributed by atoms with Gasteiger partial charge in [-0.2, -0.15) is 0 Å². The van der Waals surface area contributed by atoms with E-state index in [9.17, 15) is 0 Å². The highest BCUT2D eigenvalue weighted by Gasteiger charge is 2.16. The fraction of sp³-hybridized carbons (Fsp3) is 0.0769. The third-order valence-corrected chi connectivity index (χ3v) is 4.59. The molecule has 0 aromatic heterocycles. The Morgan fingerprint density at radius 1 is 0.789 bits per heavy atom. The van der Waals surface area contributed by atoms with Gasteiger partial charge in [-0.1, -0.05) is 70.1 Å². The Kier molecular flexibility index (Phi) is 4.88. The molecule has 2 N–H and O–H groups in total. The van der Waals surface area contributed by atoms with E-state index in [0.717, 1.165) is 11.1 Å². The van der Waals surface area contributed by atoms with E-state index in [1.165, 1.54) is 0 Å². The van der Waals surface area contributed by atoms with Crippen LogP contribution in [0.5, 0.6) is 0 Å². The highest BCUT2D eigenvalue weighted by Crippen LogP contribution is 2.43. The monoisotopic (exact) mass is 353 g/mol. The van der Waals surface area contributed by atoms with E-state index >= 15 is 0 Å². The van der Waals surface area contributed by atoms with Crippen molar-refractivity contribution in [2.45, 2.75) is 6.54 Å². The highest BCUT2D eigenvalue weighted by molar-refractivity contribution is 6.51. The van der Waals surface area contributed by atoms with Crippen LogP contribution in [0.1, 0.15) is 5.56 Å². The molecule has 0 aliphatic heterocycles. The Morgan fingerprint density at radius 3 is 2.05 bits per heavy atom. The molecule has 0 fully saturated rings. The van der Waals surface area contributed by atoms with E-state index in [4.69, 9.17) is 63.7 Å². The topological polar surface area (TPSA) is 26.0 Å². The Morgan fingerprint density at radius 2 is 1.47 bits per heavy atom. The summed E-state index contributed by atoms with van der Waals surface area (Å²) in [6.07, 6.45) is 0. The highest BCUT2D eigenvalue weighted by atomic mass is 35.5. The maximum absolute atomic E-state index is 6.20. The van der Waals surface area contributed by atoms with Gasteiger partial charge in [-0.25, -0.2) is 0 Å². The molecule has 0 aliphatic carbocycles. The first-order chi connectivity index (χ1) is 8.95. The molecule has 0 spiro atoms. The minimum atomic E-state index is 0.266. The summed E-state index contributed by atoms with van der Waals surface area (Å²) < 4.78 is 0. The third kappa shape index (κ3) is 2.97. The first-order valence-corrected chi connectivity index (χ1v) is 7.16. The smallest absolute Gasteiger partial charge is 0.0785 e. The van der Waals surface area contributed by atoms with Crippen molar-refractivity contribution in [3.05, 3.63) is 54.9 Å². The molecule has 0 aliphatic rings. The second-order valence-electron chi connectivity index (χ2n) is 3.85. The van der Waals surface area contributed by atoms with Gasteiger partial charge in [0.1, 0.15) is 0 Å². The molecule has 0 bridgehead atoms. The Labute approximate surface area is 136 Å². The van der Waals surface area contributed by atoms with Gasteiger partial charge in [0, 0.05) is 17.1 Å². The lowest BCUT2D eigenvalue weighted by molar-refractivity contribution is 1.07. The minimum Gasteiger partial charge on any atom is -0.326 e. The summed E-state index contributed by atoms with van der Waals surface area (Å²) in [5.74, 6) is 0. The summed E-state index contributed by atoms with van der Waals surface area (Å²) in [6.45, 7) is 0.363. The zero-order valence-electron chi connectivity index (χ0n) is 9.48. The van der Waals surface area contributed by atoms with Gasteiger partial charge in [0.15, 0.2) is 0 Å². The Bertz CT molecular complexity index is 639. The molecule has 100 valence electrons. The molecule has 0 heterocycles. The molecule has 2 rings (SSSR count). The van der Waals surface area contributed by atoms with E-state index in [0.29, 0.717) is 32.2 Å². The largest absolute Gasteiger partial charge is 0.326 e. The lowest BCUT2D eigenvalue weighted by Crippen LogP contribution is -1.97. The van der Waals surface area contributed by atoms with Gasteiger partial charge >= 0.3 is 0 Å². The molecule has 1 nitrogen and oxygen atoms in total. The van der Waals surface area contributed by atoms with Crippen molar-refractivity contribution in [2.75, 3.05) is 0 Å². The van der Waals surface area contributed by atoms with Crippen LogP contribution in [0.2, 0.25) is 25.1 Å². The van der Waals surface area contributed by atoms with Gasteiger partial charge in [0.25, 0.3) is 0 Å². The maximum atomic E-state index is 6.20. The first kappa shape index (κ1) is 15.2. The predicted octanol–water partition coefficient (Wildman–Crippen LogP) is 6.08. The van der Waals surface area contributed by atoms with Crippen molar-refractivity contribution < 1.29 is 0 Å². The van der Waals surface area contributed by atoms with Crippen LogP contribution in [0.15, 0.2) is 24.3 Å². The second kappa shape index (κ2) is 6.09. The van der Waals surface area contributed by atoms with Gasteiger partial charge in [0.2, 0.25) is 0 Å². The van der Waals surface area contributed by atoms with Crippen molar-refractivity contribution in [3.63, 3.8) is 0 Å². The van der Waals surface area contributed by atoms with Gasteiger partial charge in [-0.15, -0.1) is 0 Å². The van der Waals surface area contributed by atoms with Crippen LogP contribution in [0.4, 0.5) is 0 Å². The van der Waals surface area contributed by atoms with Gasteiger partial charge < -0.3 is 5.73 Å². The van der Waals surface area contributed by atoms with E-state index in [1.54, 1.807) is 12.1 Å². The van der Waals surface area contributed by atoms with Crippen molar-refractivity contribution in [1.82, 2.24) is 0 Å². The number of hydrogen-bond acceptors (Lipinski definition) is 1. The lowest BCUT2D eigenvalue weighted by atomic mass is 10.0. The quantitative estimate of drug-likeness (QED) is 0.513. The van der Waals surface area contributed by atoms with Crippen molar-refractivity contribution in [2.24, 2.45) is 5.73 Å². The summed E-state index contributed by atoms with van der Waals surface area (Å²) in [4.78, 5) is 0. The number of halogens is 5. The predicted molar refractivity (Wildman–Crippen MR) is 84.8 cm³/mol. The molecule has 0 saturated heterocycles. The normalized spacial score (nSPS) is 10.8. The van der Waals surface area contributed by atoms with Gasteiger partial charge in [-0.3, -0.25) is 0 Å². The molecule has 6 heteroatoms. The van der Waals surface area contributed by atoms with Crippen LogP contribution in [0, 0.1) is 0 Å². The van der Waals surface area contributed by atoms with Gasteiger partial charge in [-0.05, 0) is 23.3 Å². The number of rotatable bonds is 2. The van der Waals surface area contributed by atoms with E-state index in [-0.39, 0.29) is 5.02 Å². The van der Waals surface area contributed by atoms with Crippen LogP contribution < -0.4 is 5.73 Å². The van der Waals surface area contributed by atoms with E-state index in [1.807, 2.05) is 12.1 Å². The Hall–Kier alpha value is -0.150. The molecule has 0 radical (unpaired) electrons. The summed E-state index contributed by atoms with van der Waals surface area (Å²) in [5.41, 5.74) is 7.77. The summed E-state index contributed by atoms with van der Waals surface area (Å²) in [7, 11) is 0. The van der Waals surface area contributed by atoms with Crippen molar-refractivity contribution >= 4 is 58.0 Å². The molecule has 2 aromatic carbocycles. The lowest BCUT2D eigenvalue weighted by Gasteiger charge is -2.12. The molecule has 2 aromatic rings. The van der Waals surface area contributed by atoms with Gasteiger partial charge in [0.05, 0.1) is 20.1 Å². The molecule has 0 amide bonds.